The quantitative estimate of drug-likeness (QED) is 0.936. The second-order valence-corrected chi connectivity index (χ2v) is 5.52. The average Bonchev–Trinajstić information content (AvgIpc) is 2.87. The number of rotatable bonds is 4. The van der Waals surface area contributed by atoms with Crippen LogP contribution in [0.25, 0.3) is 0 Å². The molecule has 114 valence electrons. The van der Waals surface area contributed by atoms with Crippen LogP contribution in [0.2, 0.25) is 0 Å². The number of aryl methyl sites for hydroxylation is 4. The van der Waals surface area contributed by atoms with E-state index >= 15 is 0 Å². The van der Waals surface area contributed by atoms with E-state index in [9.17, 15) is 4.79 Å². The Morgan fingerprint density at radius 2 is 1.95 bits per heavy atom. The zero-order valence-electron chi connectivity index (χ0n) is 13.4. The average molecular weight is 290 g/mol. The molecular weight excluding hydrogens is 268 g/mol. The molecule has 0 aliphatic heterocycles. The van der Waals surface area contributed by atoms with Gasteiger partial charge in [0.15, 0.2) is 0 Å². The van der Waals surface area contributed by atoms with Gasteiger partial charge in [-0.3, -0.25) is 9.48 Å². The van der Waals surface area contributed by atoms with Crippen LogP contribution in [0.4, 0.5) is 0 Å². The van der Waals surface area contributed by atoms with Gasteiger partial charge in [0.2, 0.25) is 0 Å². The third kappa shape index (κ3) is 2.84. The first-order chi connectivity index (χ1) is 9.82. The van der Waals surface area contributed by atoms with E-state index in [2.05, 4.69) is 22.5 Å². The van der Waals surface area contributed by atoms with Crippen LogP contribution in [-0.4, -0.2) is 27.4 Å². The highest BCUT2D eigenvalue weighted by molar-refractivity contribution is 5.96. The fraction of sp³-hybridized carbons (Fsp3) is 0.533. The van der Waals surface area contributed by atoms with Crippen LogP contribution in [0, 0.1) is 27.7 Å². The van der Waals surface area contributed by atoms with Gasteiger partial charge in [0.1, 0.15) is 5.76 Å². The van der Waals surface area contributed by atoms with Crippen molar-refractivity contribution in [1.29, 1.82) is 0 Å². The molecule has 0 aliphatic carbocycles. The van der Waals surface area contributed by atoms with Crippen molar-refractivity contribution in [2.75, 3.05) is 6.54 Å². The molecule has 1 N–H and O–H groups in total. The number of hydrogen-bond donors (Lipinski definition) is 1. The van der Waals surface area contributed by atoms with Crippen molar-refractivity contribution in [3.05, 3.63) is 34.0 Å². The van der Waals surface area contributed by atoms with Gasteiger partial charge in [0, 0.05) is 30.8 Å². The SMILES string of the molecule is Cc1nn(C)c(C)c1C(=O)NCC(C)c1c(C)noc1C. The van der Waals surface area contributed by atoms with Crippen molar-refractivity contribution in [3.8, 4) is 0 Å². The van der Waals surface area contributed by atoms with Crippen molar-refractivity contribution in [1.82, 2.24) is 20.3 Å². The van der Waals surface area contributed by atoms with E-state index in [1.54, 1.807) is 4.68 Å². The third-order valence-corrected chi connectivity index (χ3v) is 3.89. The van der Waals surface area contributed by atoms with E-state index in [0.29, 0.717) is 12.1 Å². The number of carbonyl (C=O) groups is 1. The molecule has 0 saturated carbocycles. The van der Waals surface area contributed by atoms with Gasteiger partial charge in [-0.15, -0.1) is 0 Å². The van der Waals surface area contributed by atoms with Crippen LogP contribution in [0.15, 0.2) is 4.52 Å². The summed E-state index contributed by atoms with van der Waals surface area (Å²) in [5, 5.41) is 11.2. The molecule has 1 amide bonds. The molecule has 0 fully saturated rings. The first-order valence-electron chi connectivity index (χ1n) is 7.04. The summed E-state index contributed by atoms with van der Waals surface area (Å²) in [6, 6.07) is 0. The normalized spacial score (nSPS) is 12.5. The highest BCUT2D eigenvalue weighted by Gasteiger charge is 2.20. The number of nitrogens with zero attached hydrogens (tertiary/aromatic N) is 3. The molecule has 2 aromatic heterocycles. The van der Waals surface area contributed by atoms with Crippen LogP contribution >= 0.6 is 0 Å². The van der Waals surface area contributed by atoms with Crippen molar-refractivity contribution in [3.63, 3.8) is 0 Å². The van der Waals surface area contributed by atoms with E-state index in [4.69, 9.17) is 4.52 Å². The zero-order valence-corrected chi connectivity index (χ0v) is 13.4. The van der Waals surface area contributed by atoms with Gasteiger partial charge in [0.05, 0.1) is 17.0 Å². The van der Waals surface area contributed by atoms with E-state index in [-0.39, 0.29) is 11.8 Å². The van der Waals surface area contributed by atoms with Gasteiger partial charge in [-0.2, -0.15) is 5.10 Å². The first kappa shape index (κ1) is 15.3. The summed E-state index contributed by atoms with van der Waals surface area (Å²) in [5.41, 5.74) is 4.22. The highest BCUT2D eigenvalue weighted by atomic mass is 16.5. The summed E-state index contributed by atoms with van der Waals surface area (Å²) < 4.78 is 6.90. The fourth-order valence-electron chi connectivity index (χ4n) is 2.73. The molecule has 2 rings (SSSR count). The van der Waals surface area contributed by atoms with E-state index < -0.39 is 0 Å². The van der Waals surface area contributed by atoms with Crippen molar-refractivity contribution in [2.24, 2.45) is 7.05 Å². The molecule has 0 aliphatic rings. The number of amides is 1. The largest absolute Gasteiger partial charge is 0.361 e. The predicted molar refractivity (Wildman–Crippen MR) is 79.4 cm³/mol. The maximum Gasteiger partial charge on any atom is 0.255 e. The summed E-state index contributed by atoms with van der Waals surface area (Å²) in [7, 11) is 1.84. The van der Waals surface area contributed by atoms with Crippen molar-refractivity contribution < 1.29 is 9.32 Å². The highest BCUT2D eigenvalue weighted by Crippen LogP contribution is 2.22. The first-order valence-corrected chi connectivity index (χ1v) is 7.04. The molecule has 0 bridgehead atoms. The summed E-state index contributed by atoms with van der Waals surface area (Å²) >= 11 is 0. The van der Waals surface area contributed by atoms with E-state index in [1.807, 2.05) is 34.7 Å². The number of nitrogens with one attached hydrogen (secondary N) is 1. The van der Waals surface area contributed by atoms with Gasteiger partial charge in [-0.1, -0.05) is 12.1 Å². The van der Waals surface area contributed by atoms with Crippen LogP contribution in [-0.2, 0) is 7.05 Å². The number of hydrogen-bond acceptors (Lipinski definition) is 4. The lowest BCUT2D eigenvalue weighted by atomic mass is 9.99. The maximum absolute atomic E-state index is 12.3. The Morgan fingerprint density at radius 3 is 2.43 bits per heavy atom. The minimum absolute atomic E-state index is 0.0864. The monoisotopic (exact) mass is 290 g/mol. The van der Waals surface area contributed by atoms with E-state index in [1.165, 1.54) is 0 Å². The third-order valence-electron chi connectivity index (χ3n) is 3.89. The molecule has 0 spiro atoms. The fourth-order valence-corrected chi connectivity index (χ4v) is 2.73. The van der Waals surface area contributed by atoms with Crippen LogP contribution in [0.3, 0.4) is 0 Å². The Morgan fingerprint density at radius 1 is 1.29 bits per heavy atom. The molecule has 1 unspecified atom stereocenters. The Hall–Kier alpha value is -2.11. The molecular formula is C15H22N4O2. The van der Waals surface area contributed by atoms with Gasteiger partial charge >= 0.3 is 0 Å². The molecule has 6 heteroatoms. The van der Waals surface area contributed by atoms with Crippen molar-refractivity contribution >= 4 is 5.91 Å². The standard InChI is InChI=1S/C15H22N4O2/c1-8(13-10(3)18-21-12(13)5)7-16-15(20)14-9(2)17-19(6)11(14)4/h8H,7H2,1-6H3,(H,16,20). The Bertz CT molecular complexity index is 650. The Kier molecular flexibility index (Phi) is 4.16. The summed E-state index contributed by atoms with van der Waals surface area (Å²) in [5.74, 6) is 0.872. The zero-order chi connectivity index (χ0) is 15.7. The lowest BCUT2D eigenvalue weighted by Gasteiger charge is -2.12. The number of carbonyl (C=O) groups excluding carboxylic acids is 1. The Balaban J connectivity index is 2.08. The maximum atomic E-state index is 12.3. The second kappa shape index (κ2) is 5.71. The molecule has 21 heavy (non-hydrogen) atoms. The molecule has 0 saturated heterocycles. The van der Waals surface area contributed by atoms with Crippen molar-refractivity contribution in [2.45, 2.75) is 40.5 Å². The second-order valence-electron chi connectivity index (χ2n) is 5.52. The Labute approximate surface area is 124 Å². The predicted octanol–water partition coefficient (Wildman–Crippen LogP) is 2.18. The molecule has 0 radical (unpaired) electrons. The molecule has 2 aromatic rings. The smallest absolute Gasteiger partial charge is 0.255 e. The topological polar surface area (TPSA) is 73.0 Å². The van der Waals surface area contributed by atoms with Gasteiger partial charge in [-0.25, -0.2) is 0 Å². The van der Waals surface area contributed by atoms with Crippen LogP contribution in [0.1, 0.15) is 51.6 Å². The van der Waals surface area contributed by atoms with Crippen LogP contribution < -0.4 is 5.32 Å². The van der Waals surface area contributed by atoms with E-state index in [0.717, 1.165) is 28.4 Å². The minimum Gasteiger partial charge on any atom is -0.361 e. The molecule has 1 atom stereocenters. The van der Waals surface area contributed by atoms with Crippen LogP contribution in [0.5, 0.6) is 0 Å². The minimum atomic E-state index is -0.0864. The molecule has 0 aromatic carbocycles. The number of aromatic nitrogens is 3. The van der Waals surface area contributed by atoms with Gasteiger partial charge in [-0.05, 0) is 27.7 Å². The summed E-state index contributed by atoms with van der Waals surface area (Å²) in [4.78, 5) is 12.3. The summed E-state index contributed by atoms with van der Waals surface area (Å²) in [6.45, 7) is 10.1. The molecule has 2 heterocycles. The lowest BCUT2D eigenvalue weighted by Crippen LogP contribution is -2.28. The molecule has 6 nitrogen and oxygen atoms in total. The van der Waals surface area contributed by atoms with Gasteiger partial charge in [0.25, 0.3) is 5.91 Å². The van der Waals surface area contributed by atoms with Gasteiger partial charge < -0.3 is 9.84 Å². The summed E-state index contributed by atoms with van der Waals surface area (Å²) in [6.07, 6.45) is 0. The lowest BCUT2D eigenvalue weighted by molar-refractivity contribution is 0.0950.